The second-order valence-electron chi connectivity index (χ2n) is 5.37. The van der Waals surface area contributed by atoms with E-state index in [4.69, 9.17) is 4.52 Å². The minimum absolute atomic E-state index is 0.00860. The topological polar surface area (TPSA) is 68.0 Å². The Kier molecular flexibility index (Phi) is 5.61. The maximum absolute atomic E-state index is 12.6. The number of nitrogens with one attached hydrogen (secondary N) is 1. The van der Waals surface area contributed by atoms with Crippen molar-refractivity contribution in [2.75, 3.05) is 11.5 Å². The number of aromatic nitrogens is 2. The predicted molar refractivity (Wildman–Crippen MR) is 92.9 cm³/mol. The van der Waals surface area contributed by atoms with Gasteiger partial charge in [-0.3, -0.25) is 4.79 Å². The second-order valence-corrected chi connectivity index (χ2v) is 7.62. The van der Waals surface area contributed by atoms with E-state index >= 15 is 0 Å². The highest BCUT2D eigenvalue weighted by Gasteiger charge is 2.19. The molecule has 0 bridgehead atoms. The minimum Gasteiger partial charge on any atom is -0.349 e. The van der Waals surface area contributed by atoms with Gasteiger partial charge in [0, 0.05) is 17.9 Å². The third kappa shape index (κ3) is 4.51. The molecule has 0 unspecified atom stereocenters. The van der Waals surface area contributed by atoms with E-state index in [1.165, 1.54) is 0 Å². The van der Waals surface area contributed by atoms with Gasteiger partial charge in [-0.05, 0) is 36.5 Å². The first-order valence-electron chi connectivity index (χ1n) is 7.62. The van der Waals surface area contributed by atoms with Crippen LogP contribution in [0.15, 0.2) is 33.7 Å². The molecule has 1 amide bonds. The summed E-state index contributed by atoms with van der Waals surface area (Å²) < 4.78 is 4.98. The van der Waals surface area contributed by atoms with Crippen molar-refractivity contribution < 1.29 is 9.32 Å². The molecule has 2 aromatic rings. The largest absolute Gasteiger partial charge is 0.349 e. The lowest BCUT2D eigenvalue weighted by Crippen LogP contribution is -2.37. The first-order chi connectivity index (χ1) is 11.2. The number of carbonyl (C=O) groups is 1. The van der Waals surface area contributed by atoms with Gasteiger partial charge in [0.25, 0.3) is 5.91 Å². The van der Waals surface area contributed by atoms with Crippen molar-refractivity contribution in [1.82, 2.24) is 15.5 Å². The molecule has 7 heteroatoms. The van der Waals surface area contributed by atoms with Crippen LogP contribution in [0, 0.1) is 6.92 Å². The molecule has 0 atom stereocenters. The summed E-state index contributed by atoms with van der Waals surface area (Å²) in [6.07, 6.45) is 2.10. The fourth-order valence-electron chi connectivity index (χ4n) is 2.43. The highest BCUT2D eigenvalue weighted by molar-refractivity contribution is 7.99. The van der Waals surface area contributed by atoms with E-state index in [0.29, 0.717) is 23.5 Å². The molecule has 0 aliphatic carbocycles. The predicted octanol–water partition coefficient (Wildman–Crippen LogP) is 3.30. The van der Waals surface area contributed by atoms with E-state index < -0.39 is 0 Å². The molecule has 0 spiro atoms. The number of carbonyl (C=O) groups excluding carboxylic acids is 1. The van der Waals surface area contributed by atoms with Crippen molar-refractivity contribution in [3.63, 3.8) is 0 Å². The van der Waals surface area contributed by atoms with E-state index in [-0.39, 0.29) is 5.91 Å². The van der Waals surface area contributed by atoms with Crippen LogP contribution in [0.5, 0.6) is 0 Å². The first kappa shape index (κ1) is 16.4. The zero-order valence-electron chi connectivity index (χ0n) is 12.9. The van der Waals surface area contributed by atoms with Crippen molar-refractivity contribution >= 4 is 29.4 Å². The van der Waals surface area contributed by atoms with Crippen LogP contribution in [0.4, 0.5) is 0 Å². The fraction of sp³-hybridized carbons (Fsp3) is 0.438. The van der Waals surface area contributed by atoms with Crippen LogP contribution in [-0.2, 0) is 5.75 Å². The van der Waals surface area contributed by atoms with E-state index in [0.717, 1.165) is 34.8 Å². The van der Waals surface area contributed by atoms with Gasteiger partial charge in [0.2, 0.25) is 5.89 Å². The molecule has 1 aromatic carbocycles. The summed E-state index contributed by atoms with van der Waals surface area (Å²) in [5, 5.41) is 7.05. The molecule has 23 heavy (non-hydrogen) atoms. The van der Waals surface area contributed by atoms with E-state index in [1.807, 2.05) is 36.0 Å². The average molecular weight is 349 g/mol. The number of benzene rings is 1. The van der Waals surface area contributed by atoms with Gasteiger partial charge >= 0.3 is 0 Å². The molecule has 122 valence electrons. The number of hydrogen-bond acceptors (Lipinski definition) is 6. The number of amides is 1. The van der Waals surface area contributed by atoms with Crippen LogP contribution in [0.3, 0.4) is 0 Å². The van der Waals surface area contributed by atoms with Crippen LogP contribution >= 0.6 is 23.5 Å². The van der Waals surface area contributed by atoms with E-state index in [1.54, 1.807) is 18.7 Å². The van der Waals surface area contributed by atoms with Gasteiger partial charge in [-0.15, -0.1) is 11.8 Å². The molecular weight excluding hydrogens is 330 g/mol. The number of aryl methyl sites for hydroxylation is 1. The molecule has 3 rings (SSSR count). The number of thioether (sulfide) groups is 2. The molecule has 1 aromatic heterocycles. The van der Waals surface area contributed by atoms with Gasteiger partial charge < -0.3 is 9.84 Å². The standard InChI is InChI=1S/C16H19N3O2S2/c1-11-17-15(19-21-11)10-23-14-5-3-2-4-13(14)16(20)18-12-6-8-22-9-7-12/h2-5,12H,6-10H2,1H3,(H,18,20). The zero-order valence-corrected chi connectivity index (χ0v) is 14.6. The normalized spacial score (nSPS) is 15.5. The Morgan fingerprint density at radius 2 is 2.17 bits per heavy atom. The summed E-state index contributed by atoms with van der Waals surface area (Å²) in [6, 6.07) is 7.97. The van der Waals surface area contributed by atoms with Crippen LogP contribution in [-0.4, -0.2) is 33.6 Å². The Bertz CT molecular complexity index is 669. The number of rotatable bonds is 5. The third-order valence-electron chi connectivity index (χ3n) is 3.61. The zero-order chi connectivity index (χ0) is 16.1. The SMILES string of the molecule is Cc1nc(CSc2ccccc2C(=O)NC2CCSCC2)no1. The third-order valence-corrected chi connectivity index (χ3v) is 5.73. The second kappa shape index (κ2) is 7.88. The summed E-state index contributed by atoms with van der Waals surface area (Å²) in [5.74, 6) is 4.04. The molecule has 1 aliphatic heterocycles. The lowest BCUT2D eigenvalue weighted by atomic mass is 10.1. The first-order valence-corrected chi connectivity index (χ1v) is 9.76. The van der Waals surface area contributed by atoms with Gasteiger partial charge in [0.15, 0.2) is 5.82 Å². The Balaban J connectivity index is 1.65. The van der Waals surface area contributed by atoms with Gasteiger partial charge in [-0.1, -0.05) is 17.3 Å². The van der Waals surface area contributed by atoms with Crippen molar-refractivity contribution in [1.29, 1.82) is 0 Å². The van der Waals surface area contributed by atoms with E-state index in [2.05, 4.69) is 15.5 Å². The summed E-state index contributed by atoms with van der Waals surface area (Å²) in [5.41, 5.74) is 0.718. The van der Waals surface area contributed by atoms with Crippen LogP contribution < -0.4 is 5.32 Å². The molecule has 1 fully saturated rings. The minimum atomic E-state index is 0.00860. The Labute approximate surface area is 144 Å². The Morgan fingerprint density at radius 3 is 2.91 bits per heavy atom. The Morgan fingerprint density at radius 1 is 1.39 bits per heavy atom. The van der Waals surface area contributed by atoms with Crippen molar-refractivity contribution in [2.45, 2.75) is 36.5 Å². The van der Waals surface area contributed by atoms with Crippen molar-refractivity contribution in [2.24, 2.45) is 0 Å². The van der Waals surface area contributed by atoms with Crippen LogP contribution in [0.25, 0.3) is 0 Å². The summed E-state index contributed by atoms with van der Waals surface area (Å²) >= 11 is 3.51. The summed E-state index contributed by atoms with van der Waals surface area (Å²) in [6.45, 7) is 1.77. The van der Waals surface area contributed by atoms with Crippen molar-refractivity contribution in [3.8, 4) is 0 Å². The molecular formula is C16H19N3O2S2. The van der Waals surface area contributed by atoms with Crippen molar-refractivity contribution in [3.05, 3.63) is 41.5 Å². The van der Waals surface area contributed by atoms with Gasteiger partial charge in [0.05, 0.1) is 11.3 Å². The Hall–Kier alpha value is -1.47. The molecule has 0 radical (unpaired) electrons. The van der Waals surface area contributed by atoms with Gasteiger partial charge in [-0.25, -0.2) is 0 Å². The summed E-state index contributed by atoms with van der Waals surface area (Å²) in [7, 11) is 0. The quantitative estimate of drug-likeness (QED) is 0.836. The van der Waals surface area contributed by atoms with Gasteiger partial charge in [-0.2, -0.15) is 16.7 Å². The average Bonchev–Trinajstić information content (AvgIpc) is 2.99. The van der Waals surface area contributed by atoms with Gasteiger partial charge in [0.1, 0.15) is 0 Å². The summed E-state index contributed by atoms with van der Waals surface area (Å²) in [4.78, 5) is 17.7. The maximum Gasteiger partial charge on any atom is 0.252 e. The molecule has 1 aliphatic rings. The molecule has 5 nitrogen and oxygen atoms in total. The smallest absolute Gasteiger partial charge is 0.252 e. The van der Waals surface area contributed by atoms with Crippen LogP contribution in [0.2, 0.25) is 0 Å². The van der Waals surface area contributed by atoms with Crippen LogP contribution in [0.1, 0.15) is 34.9 Å². The van der Waals surface area contributed by atoms with E-state index in [9.17, 15) is 4.79 Å². The lowest BCUT2D eigenvalue weighted by molar-refractivity contribution is 0.0932. The maximum atomic E-state index is 12.6. The number of nitrogens with zero attached hydrogens (tertiary/aromatic N) is 2. The fourth-order valence-corrected chi connectivity index (χ4v) is 4.43. The highest BCUT2D eigenvalue weighted by atomic mass is 32.2. The molecule has 1 saturated heterocycles. The molecule has 2 heterocycles. The highest BCUT2D eigenvalue weighted by Crippen LogP contribution is 2.26. The molecule has 1 N–H and O–H groups in total. The number of hydrogen-bond donors (Lipinski definition) is 1. The molecule has 0 saturated carbocycles. The lowest BCUT2D eigenvalue weighted by Gasteiger charge is -2.23. The monoisotopic (exact) mass is 349 g/mol.